The molecule has 1 atom stereocenters. The van der Waals surface area contributed by atoms with E-state index in [1.54, 1.807) is 12.1 Å². The fourth-order valence-electron chi connectivity index (χ4n) is 2.45. The SMILES string of the molecule is CCC[C@H](C)NC(=O)COc1ccc(-c2ccc(C#N)cc2)cc1. The molecule has 0 bridgehead atoms. The molecule has 0 aromatic heterocycles. The van der Waals surface area contributed by atoms with E-state index in [-0.39, 0.29) is 18.6 Å². The molecule has 0 aliphatic carbocycles. The highest BCUT2D eigenvalue weighted by Crippen LogP contribution is 2.22. The van der Waals surface area contributed by atoms with Gasteiger partial charge in [0.2, 0.25) is 0 Å². The quantitative estimate of drug-likeness (QED) is 0.840. The molecule has 1 N–H and O–H groups in total. The summed E-state index contributed by atoms with van der Waals surface area (Å²) in [5.41, 5.74) is 2.71. The molecule has 124 valence electrons. The number of ether oxygens (including phenoxy) is 1. The van der Waals surface area contributed by atoms with Gasteiger partial charge in [-0.1, -0.05) is 37.6 Å². The fourth-order valence-corrected chi connectivity index (χ4v) is 2.45. The standard InChI is InChI=1S/C20H22N2O2/c1-3-4-15(2)22-20(23)14-24-19-11-9-18(10-12-19)17-7-5-16(13-21)6-8-17/h5-12,15H,3-4,14H2,1-2H3,(H,22,23)/t15-/m0/s1. The van der Waals surface area contributed by atoms with Crippen molar-refractivity contribution in [2.75, 3.05) is 6.61 Å². The first kappa shape index (κ1) is 17.6. The number of carbonyl (C=O) groups excluding carboxylic acids is 1. The van der Waals surface area contributed by atoms with Crippen LogP contribution >= 0.6 is 0 Å². The van der Waals surface area contributed by atoms with Gasteiger partial charge < -0.3 is 10.1 Å². The number of hydrogen-bond donors (Lipinski definition) is 1. The second-order valence-corrected chi connectivity index (χ2v) is 5.76. The van der Waals surface area contributed by atoms with Gasteiger partial charge in [-0.15, -0.1) is 0 Å². The van der Waals surface area contributed by atoms with Crippen molar-refractivity contribution in [3.8, 4) is 22.9 Å². The summed E-state index contributed by atoms with van der Waals surface area (Å²) in [6, 6.07) is 17.3. The van der Waals surface area contributed by atoms with E-state index in [0.717, 1.165) is 24.0 Å². The van der Waals surface area contributed by atoms with Gasteiger partial charge in [-0.25, -0.2) is 0 Å². The molecular weight excluding hydrogens is 300 g/mol. The Kier molecular flexibility index (Phi) is 6.39. The largest absolute Gasteiger partial charge is 0.484 e. The van der Waals surface area contributed by atoms with Gasteiger partial charge >= 0.3 is 0 Å². The Hall–Kier alpha value is -2.80. The van der Waals surface area contributed by atoms with Crippen molar-refractivity contribution in [1.29, 1.82) is 5.26 Å². The van der Waals surface area contributed by atoms with Crippen molar-refractivity contribution in [1.82, 2.24) is 5.32 Å². The predicted molar refractivity (Wildman–Crippen MR) is 94.6 cm³/mol. The molecule has 2 rings (SSSR count). The second kappa shape index (κ2) is 8.73. The number of benzene rings is 2. The Balaban J connectivity index is 1.90. The number of nitriles is 1. The van der Waals surface area contributed by atoms with Crippen molar-refractivity contribution >= 4 is 5.91 Å². The normalized spacial score (nSPS) is 11.4. The second-order valence-electron chi connectivity index (χ2n) is 5.76. The minimum atomic E-state index is -0.105. The zero-order chi connectivity index (χ0) is 17.4. The molecule has 2 aromatic carbocycles. The van der Waals surface area contributed by atoms with Gasteiger partial charge in [0.15, 0.2) is 6.61 Å². The molecule has 0 radical (unpaired) electrons. The average Bonchev–Trinajstić information content (AvgIpc) is 2.61. The first-order chi connectivity index (χ1) is 11.6. The van der Waals surface area contributed by atoms with E-state index in [2.05, 4.69) is 18.3 Å². The monoisotopic (exact) mass is 322 g/mol. The third kappa shape index (κ3) is 5.13. The van der Waals surface area contributed by atoms with Crippen LogP contribution < -0.4 is 10.1 Å². The highest BCUT2D eigenvalue weighted by atomic mass is 16.5. The maximum absolute atomic E-state index is 11.8. The Bertz CT molecular complexity index is 700. The Labute approximate surface area is 143 Å². The maximum atomic E-state index is 11.8. The van der Waals surface area contributed by atoms with E-state index in [0.29, 0.717) is 11.3 Å². The molecule has 0 heterocycles. The highest BCUT2D eigenvalue weighted by Gasteiger charge is 2.07. The highest BCUT2D eigenvalue weighted by molar-refractivity contribution is 5.77. The summed E-state index contributed by atoms with van der Waals surface area (Å²) < 4.78 is 5.52. The Morgan fingerprint density at radius 2 is 1.71 bits per heavy atom. The van der Waals surface area contributed by atoms with Crippen molar-refractivity contribution in [3.63, 3.8) is 0 Å². The number of rotatable bonds is 7. The lowest BCUT2D eigenvalue weighted by atomic mass is 10.0. The van der Waals surface area contributed by atoms with Gasteiger partial charge in [-0.3, -0.25) is 4.79 Å². The van der Waals surface area contributed by atoms with Crippen molar-refractivity contribution in [2.45, 2.75) is 32.7 Å². The van der Waals surface area contributed by atoms with E-state index in [9.17, 15) is 4.79 Å². The van der Waals surface area contributed by atoms with Crippen LogP contribution in [0, 0.1) is 11.3 Å². The van der Waals surface area contributed by atoms with Gasteiger partial charge in [0, 0.05) is 6.04 Å². The lowest BCUT2D eigenvalue weighted by molar-refractivity contribution is -0.123. The first-order valence-corrected chi connectivity index (χ1v) is 8.15. The average molecular weight is 322 g/mol. The Morgan fingerprint density at radius 3 is 2.25 bits per heavy atom. The summed E-state index contributed by atoms with van der Waals surface area (Å²) in [4.78, 5) is 11.8. The summed E-state index contributed by atoms with van der Waals surface area (Å²) in [7, 11) is 0. The van der Waals surface area contributed by atoms with Crippen LogP contribution in [0.15, 0.2) is 48.5 Å². The number of nitrogens with zero attached hydrogens (tertiary/aromatic N) is 1. The molecule has 0 saturated heterocycles. The van der Waals surface area contributed by atoms with Crippen LogP contribution in [0.3, 0.4) is 0 Å². The molecule has 1 amide bonds. The van der Waals surface area contributed by atoms with Gasteiger partial charge in [0.1, 0.15) is 5.75 Å². The van der Waals surface area contributed by atoms with Gasteiger partial charge in [-0.2, -0.15) is 5.26 Å². The van der Waals surface area contributed by atoms with Crippen molar-refractivity contribution < 1.29 is 9.53 Å². The van der Waals surface area contributed by atoms with Crippen LogP contribution in [0.1, 0.15) is 32.3 Å². The van der Waals surface area contributed by atoms with Crippen molar-refractivity contribution in [3.05, 3.63) is 54.1 Å². The molecule has 0 saturated carbocycles. The zero-order valence-electron chi connectivity index (χ0n) is 14.1. The van der Waals surface area contributed by atoms with E-state index in [4.69, 9.17) is 10.00 Å². The summed E-state index contributed by atoms with van der Waals surface area (Å²) >= 11 is 0. The van der Waals surface area contributed by atoms with E-state index >= 15 is 0 Å². The van der Waals surface area contributed by atoms with E-state index in [1.807, 2.05) is 43.3 Å². The minimum Gasteiger partial charge on any atom is -0.484 e. The third-order valence-electron chi connectivity index (χ3n) is 3.70. The Morgan fingerprint density at radius 1 is 1.12 bits per heavy atom. The zero-order valence-corrected chi connectivity index (χ0v) is 14.1. The van der Waals surface area contributed by atoms with Crippen LogP contribution in [0.2, 0.25) is 0 Å². The summed E-state index contributed by atoms with van der Waals surface area (Å²) in [5.74, 6) is 0.554. The smallest absolute Gasteiger partial charge is 0.258 e. The minimum absolute atomic E-state index is 0.0181. The lowest BCUT2D eigenvalue weighted by Crippen LogP contribution is -2.35. The molecule has 0 spiro atoms. The molecule has 2 aromatic rings. The van der Waals surface area contributed by atoms with Crippen LogP contribution in [0.5, 0.6) is 5.75 Å². The predicted octanol–water partition coefficient (Wildman–Crippen LogP) is 3.91. The molecule has 0 aliphatic heterocycles. The van der Waals surface area contributed by atoms with Crippen LogP contribution in [0.4, 0.5) is 0 Å². The summed E-state index contributed by atoms with van der Waals surface area (Å²) in [5, 5.41) is 11.7. The van der Waals surface area contributed by atoms with Gasteiger partial charge in [0.05, 0.1) is 11.6 Å². The van der Waals surface area contributed by atoms with E-state index < -0.39 is 0 Å². The summed E-state index contributed by atoms with van der Waals surface area (Å²) in [6.07, 6.45) is 2.00. The number of carbonyl (C=O) groups is 1. The first-order valence-electron chi connectivity index (χ1n) is 8.15. The van der Waals surface area contributed by atoms with Gasteiger partial charge in [-0.05, 0) is 48.7 Å². The lowest BCUT2D eigenvalue weighted by Gasteiger charge is -2.13. The molecule has 24 heavy (non-hydrogen) atoms. The van der Waals surface area contributed by atoms with Crippen LogP contribution in [0.25, 0.3) is 11.1 Å². The van der Waals surface area contributed by atoms with Crippen LogP contribution in [-0.4, -0.2) is 18.6 Å². The molecular formula is C20H22N2O2. The molecule has 4 nitrogen and oxygen atoms in total. The molecule has 0 unspecified atom stereocenters. The number of hydrogen-bond acceptors (Lipinski definition) is 3. The molecule has 0 aliphatic rings. The number of nitrogens with one attached hydrogen (secondary N) is 1. The van der Waals surface area contributed by atoms with Crippen LogP contribution in [-0.2, 0) is 4.79 Å². The number of amides is 1. The molecule has 4 heteroatoms. The summed E-state index contributed by atoms with van der Waals surface area (Å²) in [6.45, 7) is 4.10. The van der Waals surface area contributed by atoms with Crippen molar-refractivity contribution in [2.24, 2.45) is 0 Å². The molecule has 0 fully saturated rings. The third-order valence-corrected chi connectivity index (χ3v) is 3.70. The van der Waals surface area contributed by atoms with E-state index in [1.165, 1.54) is 0 Å². The maximum Gasteiger partial charge on any atom is 0.258 e. The van der Waals surface area contributed by atoms with Gasteiger partial charge in [0.25, 0.3) is 5.91 Å². The fraction of sp³-hybridized carbons (Fsp3) is 0.300. The topological polar surface area (TPSA) is 62.1 Å².